The molecular formula is C21H25NO. The number of aryl methyl sites for hydroxylation is 1. The van der Waals surface area contributed by atoms with E-state index >= 15 is 0 Å². The maximum absolute atomic E-state index is 6.03. The van der Waals surface area contributed by atoms with Crippen LogP contribution in [0.3, 0.4) is 0 Å². The van der Waals surface area contributed by atoms with Gasteiger partial charge in [-0.1, -0.05) is 61.5 Å². The molecule has 0 amide bonds. The van der Waals surface area contributed by atoms with Gasteiger partial charge in [-0.05, 0) is 35.6 Å². The van der Waals surface area contributed by atoms with Crippen LogP contribution in [-0.2, 0) is 13.0 Å². The zero-order valence-electron chi connectivity index (χ0n) is 13.9. The third-order valence-corrected chi connectivity index (χ3v) is 4.40. The van der Waals surface area contributed by atoms with Crippen molar-refractivity contribution in [3.8, 4) is 5.75 Å². The molecule has 0 fully saturated rings. The molecule has 0 unspecified atom stereocenters. The van der Waals surface area contributed by atoms with Crippen molar-refractivity contribution in [1.29, 1.82) is 0 Å². The van der Waals surface area contributed by atoms with Gasteiger partial charge in [0.1, 0.15) is 12.4 Å². The molecule has 3 rings (SSSR count). The highest BCUT2D eigenvalue weighted by atomic mass is 16.5. The minimum absolute atomic E-state index is 0.718. The van der Waals surface area contributed by atoms with E-state index in [9.17, 15) is 0 Å². The predicted molar refractivity (Wildman–Crippen MR) is 95.7 cm³/mol. The molecule has 0 aliphatic carbocycles. The van der Waals surface area contributed by atoms with Gasteiger partial charge in [-0.15, -0.1) is 0 Å². The number of ether oxygens (including phenoxy) is 1. The average molecular weight is 307 g/mol. The Bertz CT molecular complexity index is 648. The summed E-state index contributed by atoms with van der Waals surface area (Å²) in [6.07, 6.45) is 4.45. The van der Waals surface area contributed by atoms with Crippen molar-refractivity contribution in [1.82, 2.24) is 4.90 Å². The number of rotatable bonds is 6. The third-order valence-electron chi connectivity index (χ3n) is 4.40. The molecule has 0 radical (unpaired) electrons. The van der Waals surface area contributed by atoms with Crippen LogP contribution < -0.4 is 4.74 Å². The summed E-state index contributed by atoms with van der Waals surface area (Å²) in [6, 6.07) is 19.0. The van der Waals surface area contributed by atoms with Gasteiger partial charge in [0.05, 0.1) is 0 Å². The largest absolute Gasteiger partial charge is 0.489 e. The van der Waals surface area contributed by atoms with Gasteiger partial charge in [0, 0.05) is 19.6 Å². The van der Waals surface area contributed by atoms with Crippen LogP contribution in [0.25, 0.3) is 0 Å². The van der Waals surface area contributed by atoms with E-state index in [2.05, 4.69) is 66.4 Å². The van der Waals surface area contributed by atoms with E-state index in [0.29, 0.717) is 0 Å². The summed E-state index contributed by atoms with van der Waals surface area (Å²) in [5.41, 5.74) is 4.09. The molecule has 0 saturated heterocycles. The first kappa shape index (κ1) is 15.8. The highest BCUT2D eigenvalue weighted by molar-refractivity contribution is 5.33. The number of hydrogen-bond donors (Lipinski definition) is 0. The Morgan fingerprint density at radius 3 is 2.52 bits per heavy atom. The van der Waals surface area contributed by atoms with E-state index in [0.717, 1.165) is 44.8 Å². The molecule has 0 aromatic heterocycles. The van der Waals surface area contributed by atoms with Crippen LogP contribution in [0.15, 0.2) is 66.2 Å². The first-order chi connectivity index (χ1) is 11.3. The maximum atomic E-state index is 6.03. The number of nitrogens with zero attached hydrogens (tertiary/aromatic N) is 1. The van der Waals surface area contributed by atoms with Crippen LogP contribution in [0.4, 0.5) is 0 Å². The lowest BCUT2D eigenvalue weighted by Gasteiger charge is -2.26. The molecule has 0 saturated carbocycles. The van der Waals surface area contributed by atoms with Crippen molar-refractivity contribution in [2.75, 3.05) is 19.7 Å². The fourth-order valence-corrected chi connectivity index (χ4v) is 2.98. The molecule has 0 atom stereocenters. The number of hydrogen-bond acceptors (Lipinski definition) is 2. The Labute approximate surface area is 139 Å². The normalized spacial score (nSPS) is 15.3. The molecule has 2 heteroatoms. The molecule has 1 aliphatic rings. The van der Waals surface area contributed by atoms with Crippen molar-refractivity contribution >= 4 is 0 Å². The smallest absolute Gasteiger partial charge is 0.122 e. The van der Waals surface area contributed by atoms with Crippen molar-refractivity contribution in [3.05, 3.63) is 77.4 Å². The van der Waals surface area contributed by atoms with Crippen LogP contribution in [0.5, 0.6) is 5.75 Å². The van der Waals surface area contributed by atoms with Gasteiger partial charge in [-0.3, -0.25) is 4.90 Å². The number of para-hydroxylation sites is 1. The van der Waals surface area contributed by atoms with Crippen molar-refractivity contribution in [2.45, 2.75) is 26.3 Å². The lowest BCUT2D eigenvalue weighted by molar-refractivity contribution is 0.270. The standard InChI is InChI=1S/C21H25NO/c1-2-20-10-6-7-11-21(20)23-17-19-12-14-22(15-13-19)16-18-8-4-3-5-9-18/h3-12H,2,13-17H2,1H3. The molecule has 1 aliphatic heterocycles. The highest BCUT2D eigenvalue weighted by Crippen LogP contribution is 2.20. The Balaban J connectivity index is 1.51. The SMILES string of the molecule is CCc1ccccc1OCC1=CCN(Cc2ccccc2)CC1. The Morgan fingerprint density at radius 1 is 1.00 bits per heavy atom. The van der Waals surface area contributed by atoms with Crippen molar-refractivity contribution in [2.24, 2.45) is 0 Å². The van der Waals surface area contributed by atoms with Gasteiger partial charge < -0.3 is 4.74 Å². The first-order valence-corrected chi connectivity index (χ1v) is 8.50. The van der Waals surface area contributed by atoms with E-state index < -0.39 is 0 Å². The molecule has 0 N–H and O–H groups in total. The van der Waals surface area contributed by atoms with E-state index in [1.165, 1.54) is 16.7 Å². The van der Waals surface area contributed by atoms with Crippen molar-refractivity contribution < 1.29 is 4.74 Å². The van der Waals surface area contributed by atoms with Crippen LogP contribution >= 0.6 is 0 Å². The van der Waals surface area contributed by atoms with Crippen LogP contribution in [0.2, 0.25) is 0 Å². The number of benzene rings is 2. The molecule has 120 valence electrons. The van der Waals surface area contributed by atoms with Gasteiger partial charge in [0.2, 0.25) is 0 Å². The van der Waals surface area contributed by atoms with Gasteiger partial charge in [-0.2, -0.15) is 0 Å². The molecule has 0 bridgehead atoms. The second-order valence-electron chi connectivity index (χ2n) is 6.08. The lowest BCUT2D eigenvalue weighted by Crippen LogP contribution is -2.29. The molecule has 2 aromatic rings. The lowest BCUT2D eigenvalue weighted by atomic mass is 10.1. The Hall–Kier alpha value is -2.06. The Morgan fingerprint density at radius 2 is 1.78 bits per heavy atom. The molecule has 0 spiro atoms. The summed E-state index contributed by atoms with van der Waals surface area (Å²) in [4.78, 5) is 2.48. The summed E-state index contributed by atoms with van der Waals surface area (Å²) < 4.78 is 6.03. The van der Waals surface area contributed by atoms with E-state index in [1.807, 2.05) is 6.07 Å². The molecule has 23 heavy (non-hydrogen) atoms. The molecule has 2 nitrogen and oxygen atoms in total. The summed E-state index contributed by atoms with van der Waals surface area (Å²) in [5.74, 6) is 1.03. The molecule has 1 heterocycles. The van der Waals surface area contributed by atoms with Crippen LogP contribution in [-0.4, -0.2) is 24.6 Å². The first-order valence-electron chi connectivity index (χ1n) is 8.50. The van der Waals surface area contributed by atoms with Gasteiger partial charge in [0.15, 0.2) is 0 Å². The Kier molecular flexibility index (Phi) is 5.49. The predicted octanol–water partition coefficient (Wildman–Crippen LogP) is 4.46. The summed E-state index contributed by atoms with van der Waals surface area (Å²) >= 11 is 0. The minimum Gasteiger partial charge on any atom is -0.489 e. The van der Waals surface area contributed by atoms with Gasteiger partial charge in [-0.25, -0.2) is 0 Å². The second-order valence-corrected chi connectivity index (χ2v) is 6.08. The van der Waals surface area contributed by atoms with Crippen LogP contribution in [0.1, 0.15) is 24.5 Å². The molecular weight excluding hydrogens is 282 g/mol. The minimum atomic E-state index is 0.718. The zero-order valence-corrected chi connectivity index (χ0v) is 13.9. The monoisotopic (exact) mass is 307 g/mol. The zero-order chi connectivity index (χ0) is 15.9. The highest BCUT2D eigenvalue weighted by Gasteiger charge is 2.12. The quantitative estimate of drug-likeness (QED) is 0.731. The van der Waals surface area contributed by atoms with Gasteiger partial charge in [0.25, 0.3) is 0 Å². The van der Waals surface area contributed by atoms with E-state index in [-0.39, 0.29) is 0 Å². The summed E-state index contributed by atoms with van der Waals surface area (Å²) in [5, 5.41) is 0. The topological polar surface area (TPSA) is 12.5 Å². The van der Waals surface area contributed by atoms with Gasteiger partial charge >= 0.3 is 0 Å². The second kappa shape index (κ2) is 7.98. The van der Waals surface area contributed by atoms with Crippen LogP contribution in [0, 0.1) is 0 Å². The fourth-order valence-electron chi connectivity index (χ4n) is 2.98. The third kappa shape index (κ3) is 4.46. The molecule has 2 aromatic carbocycles. The summed E-state index contributed by atoms with van der Waals surface area (Å²) in [7, 11) is 0. The maximum Gasteiger partial charge on any atom is 0.122 e. The van der Waals surface area contributed by atoms with E-state index in [4.69, 9.17) is 4.74 Å². The van der Waals surface area contributed by atoms with E-state index in [1.54, 1.807) is 0 Å². The summed E-state index contributed by atoms with van der Waals surface area (Å²) in [6.45, 7) is 6.05. The van der Waals surface area contributed by atoms with Crippen molar-refractivity contribution in [3.63, 3.8) is 0 Å². The average Bonchev–Trinajstić information content (AvgIpc) is 2.62. The fraction of sp³-hybridized carbons (Fsp3) is 0.333.